The van der Waals surface area contributed by atoms with Crippen LogP contribution in [0.4, 0.5) is 0 Å². The van der Waals surface area contributed by atoms with Gasteiger partial charge in [0.25, 0.3) is 0 Å². The standard InChI is InChI=1S/C10H15O2P/c1-11-8-6-5-7-9(12-2)10(8)13(3)4/h5-7H,1-4H3. The fourth-order valence-electron chi connectivity index (χ4n) is 1.27. The van der Waals surface area contributed by atoms with E-state index in [1.807, 2.05) is 18.2 Å². The van der Waals surface area contributed by atoms with Crippen molar-refractivity contribution in [2.24, 2.45) is 0 Å². The van der Waals surface area contributed by atoms with Crippen LogP contribution in [0.5, 0.6) is 11.5 Å². The first kappa shape index (κ1) is 10.3. The number of hydrogen-bond acceptors (Lipinski definition) is 2. The average Bonchev–Trinajstić information content (AvgIpc) is 2.16. The molecular weight excluding hydrogens is 183 g/mol. The molecule has 0 radical (unpaired) electrons. The summed E-state index contributed by atoms with van der Waals surface area (Å²) in [5, 5.41) is 1.20. The van der Waals surface area contributed by atoms with Gasteiger partial charge in [0.1, 0.15) is 11.5 Å². The highest BCUT2D eigenvalue weighted by molar-refractivity contribution is 7.64. The molecule has 0 bridgehead atoms. The smallest absolute Gasteiger partial charge is 0.130 e. The zero-order valence-corrected chi connectivity index (χ0v) is 9.39. The maximum absolute atomic E-state index is 5.29. The third-order valence-corrected chi connectivity index (χ3v) is 3.18. The average molecular weight is 198 g/mol. The van der Waals surface area contributed by atoms with Crippen LogP contribution in [0.1, 0.15) is 0 Å². The predicted molar refractivity (Wildman–Crippen MR) is 57.9 cm³/mol. The van der Waals surface area contributed by atoms with Gasteiger partial charge in [-0.25, -0.2) is 0 Å². The van der Waals surface area contributed by atoms with Gasteiger partial charge in [0.15, 0.2) is 0 Å². The quantitative estimate of drug-likeness (QED) is 0.692. The van der Waals surface area contributed by atoms with Crippen molar-refractivity contribution >= 4 is 13.2 Å². The van der Waals surface area contributed by atoms with Crippen LogP contribution in [0, 0.1) is 0 Å². The summed E-state index contributed by atoms with van der Waals surface area (Å²) in [5.41, 5.74) is 0. The minimum atomic E-state index is -0.199. The molecule has 1 rings (SSSR count). The maximum atomic E-state index is 5.29. The third-order valence-electron chi connectivity index (χ3n) is 1.85. The van der Waals surface area contributed by atoms with Crippen molar-refractivity contribution in [2.45, 2.75) is 0 Å². The highest BCUT2D eigenvalue weighted by Gasteiger charge is 2.12. The van der Waals surface area contributed by atoms with E-state index in [0.717, 1.165) is 11.5 Å². The van der Waals surface area contributed by atoms with E-state index in [1.165, 1.54) is 5.30 Å². The number of rotatable bonds is 3. The molecule has 0 N–H and O–H groups in total. The Morgan fingerprint density at radius 3 is 1.77 bits per heavy atom. The molecule has 72 valence electrons. The van der Waals surface area contributed by atoms with Crippen LogP contribution in [0.15, 0.2) is 18.2 Å². The summed E-state index contributed by atoms with van der Waals surface area (Å²) in [6, 6.07) is 5.89. The minimum absolute atomic E-state index is 0.199. The van der Waals surface area contributed by atoms with E-state index in [2.05, 4.69) is 13.3 Å². The molecule has 0 saturated heterocycles. The van der Waals surface area contributed by atoms with Crippen LogP contribution in [-0.4, -0.2) is 27.5 Å². The Bertz CT molecular complexity index is 262. The summed E-state index contributed by atoms with van der Waals surface area (Å²) in [6.45, 7) is 4.38. The SMILES string of the molecule is COc1cccc(OC)c1P(C)C. The molecule has 3 heteroatoms. The van der Waals surface area contributed by atoms with Gasteiger partial charge in [0.05, 0.1) is 19.5 Å². The monoisotopic (exact) mass is 198 g/mol. The molecule has 0 aromatic heterocycles. The third kappa shape index (κ3) is 2.13. The van der Waals surface area contributed by atoms with Crippen molar-refractivity contribution < 1.29 is 9.47 Å². The summed E-state index contributed by atoms with van der Waals surface area (Å²) in [4.78, 5) is 0. The highest BCUT2D eigenvalue weighted by atomic mass is 31.1. The number of methoxy groups -OCH3 is 2. The summed E-state index contributed by atoms with van der Waals surface area (Å²) in [5.74, 6) is 1.85. The van der Waals surface area contributed by atoms with Crippen LogP contribution in [0.3, 0.4) is 0 Å². The van der Waals surface area contributed by atoms with Gasteiger partial charge in [-0.1, -0.05) is 14.0 Å². The normalized spacial score (nSPS) is 10.2. The predicted octanol–water partition coefficient (Wildman–Crippen LogP) is 2.07. The van der Waals surface area contributed by atoms with Crippen LogP contribution < -0.4 is 14.8 Å². The van der Waals surface area contributed by atoms with Gasteiger partial charge >= 0.3 is 0 Å². The summed E-state index contributed by atoms with van der Waals surface area (Å²) in [7, 11) is 3.18. The fourth-order valence-corrected chi connectivity index (χ4v) is 2.49. The Kier molecular flexibility index (Phi) is 3.56. The molecule has 0 aliphatic rings. The largest absolute Gasteiger partial charge is 0.496 e. The molecule has 0 amide bonds. The lowest BCUT2D eigenvalue weighted by molar-refractivity contribution is 0.401. The van der Waals surface area contributed by atoms with Crippen molar-refractivity contribution in [3.63, 3.8) is 0 Å². The second-order valence-electron chi connectivity index (χ2n) is 2.91. The topological polar surface area (TPSA) is 18.5 Å². The lowest BCUT2D eigenvalue weighted by Crippen LogP contribution is -2.08. The first-order chi connectivity index (χ1) is 6.20. The Morgan fingerprint density at radius 1 is 1.00 bits per heavy atom. The van der Waals surface area contributed by atoms with E-state index < -0.39 is 0 Å². The molecular formula is C10H15O2P. The Hall–Kier alpha value is -0.750. The lowest BCUT2D eigenvalue weighted by atomic mass is 10.3. The molecule has 0 unspecified atom stereocenters. The van der Waals surface area contributed by atoms with Gasteiger partial charge < -0.3 is 9.47 Å². The summed E-state index contributed by atoms with van der Waals surface area (Å²) in [6.07, 6.45) is 0. The molecule has 0 spiro atoms. The Balaban J connectivity index is 3.21. The van der Waals surface area contributed by atoms with E-state index in [0.29, 0.717) is 0 Å². The number of hydrogen-bond donors (Lipinski definition) is 0. The lowest BCUT2D eigenvalue weighted by Gasteiger charge is -2.15. The van der Waals surface area contributed by atoms with Crippen molar-refractivity contribution in [2.75, 3.05) is 27.5 Å². The van der Waals surface area contributed by atoms with Crippen LogP contribution >= 0.6 is 7.92 Å². The van der Waals surface area contributed by atoms with Gasteiger partial charge in [0, 0.05) is 0 Å². The molecule has 1 aromatic rings. The molecule has 13 heavy (non-hydrogen) atoms. The van der Waals surface area contributed by atoms with Gasteiger partial charge in [-0.05, 0) is 25.5 Å². The van der Waals surface area contributed by atoms with Crippen molar-refractivity contribution in [3.05, 3.63) is 18.2 Å². The van der Waals surface area contributed by atoms with Crippen molar-refractivity contribution in [1.29, 1.82) is 0 Å². The second-order valence-corrected chi connectivity index (χ2v) is 5.14. The van der Waals surface area contributed by atoms with E-state index >= 15 is 0 Å². The molecule has 0 heterocycles. The number of ether oxygens (including phenoxy) is 2. The van der Waals surface area contributed by atoms with Gasteiger partial charge in [-0.3, -0.25) is 0 Å². The van der Waals surface area contributed by atoms with E-state index in [-0.39, 0.29) is 7.92 Å². The summed E-state index contributed by atoms with van der Waals surface area (Å²) < 4.78 is 10.6. The van der Waals surface area contributed by atoms with Crippen molar-refractivity contribution in [3.8, 4) is 11.5 Å². The van der Waals surface area contributed by atoms with E-state index in [9.17, 15) is 0 Å². The Labute approximate surface area is 80.6 Å². The van der Waals surface area contributed by atoms with Crippen LogP contribution in [0.2, 0.25) is 0 Å². The molecule has 0 fully saturated rings. The number of benzene rings is 1. The molecule has 0 aliphatic carbocycles. The summed E-state index contributed by atoms with van der Waals surface area (Å²) >= 11 is 0. The van der Waals surface area contributed by atoms with Gasteiger partial charge in [-0.15, -0.1) is 0 Å². The molecule has 0 atom stereocenters. The zero-order chi connectivity index (χ0) is 9.84. The highest BCUT2D eigenvalue weighted by Crippen LogP contribution is 2.34. The van der Waals surface area contributed by atoms with Gasteiger partial charge in [0.2, 0.25) is 0 Å². The first-order valence-corrected chi connectivity index (χ1v) is 6.32. The fraction of sp³-hybridized carbons (Fsp3) is 0.400. The molecule has 1 aromatic carbocycles. The maximum Gasteiger partial charge on any atom is 0.130 e. The Morgan fingerprint density at radius 2 is 1.46 bits per heavy atom. The van der Waals surface area contributed by atoms with Gasteiger partial charge in [-0.2, -0.15) is 0 Å². The van der Waals surface area contributed by atoms with Crippen LogP contribution in [-0.2, 0) is 0 Å². The molecule has 2 nitrogen and oxygen atoms in total. The molecule has 0 aliphatic heterocycles. The molecule has 0 saturated carbocycles. The second kappa shape index (κ2) is 4.48. The van der Waals surface area contributed by atoms with E-state index in [1.54, 1.807) is 14.2 Å². The zero-order valence-electron chi connectivity index (χ0n) is 8.50. The van der Waals surface area contributed by atoms with E-state index in [4.69, 9.17) is 9.47 Å². The van der Waals surface area contributed by atoms with Crippen LogP contribution in [0.25, 0.3) is 0 Å². The minimum Gasteiger partial charge on any atom is -0.496 e. The first-order valence-electron chi connectivity index (χ1n) is 4.09. The van der Waals surface area contributed by atoms with Crippen molar-refractivity contribution in [1.82, 2.24) is 0 Å².